The van der Waals surface area contributed by atoms with Gasteiger partial charge in [-0.05, 0) is 25.7 Å². The molecular formula is C21H34N6O2. The molecule has 0 bridgehead atoms. The van der Waals surface area contributed by atoms with Crippen molar-refractivity contribution in [2.45, 2.75) is 57.0 Å². The Morgan fingerprint density at radius 3 is 2.52 bits per heavy atom. The minimum Gasteiger partial charge on any atom is -0.352 e. The van der Waals surface area contributed by atoms with E-state index in [0.29, 0.717) is 12.6 Å². The zero-order chi connectivity index (χ0) is 20.2. The minimum atomic E-state index is -0.0535. The summed E-state index contributed by atoms with van der Waals surface area (Å²) >= 11 is 0. The lowest BCUT2D eigenvalue weighted by Gasteiger charge is -2.42. The summed E-state index contributed by atoms with van der Waals surface area (Å²) in [5, 5.41) is 7.42. The second-order valence-corrected chi connectivity index (χ2v) is 8.73. The van der Waals surface area contributed by atoms with Crippen LogP contribution in [0, 0.1) is 0 Å². The fourth-order valence-corrected chi connectivity index (χ4v) is 4.96. The Hall–Kier alpha value is -1.93. The van der Waals surface area contributed by atoms with Crippen LogP contribution in [0.4, 0.5) is 5.69 Å². The first-order valence-corrected chi connectivity index (χ1v) is 11.2. The molecule has 2 saturated heterocycles. The molecule has 1 aromatic rings. The average molecular weight is 403 g/mol. The van der Waals surface area contributed by atoms with E-state index in [1.54, 1.807) is 10.9 Å². The monoisotopic (exact) mass is 402 g/mol. The van der Waals surface area contributed by atoms with Crippen LogP contribution in [0.5, 0.6) is 0 Å². The molecule has 29 heavy (non-hydrogen) atoms. The van der Waals surface area contributed by atoms with Crippen LogP contribution in [0.1, 0.15) is 44.9 Å². The summed E-state index contributed by atoms with van der Waals surface area (Å²) in [6.07, 6.45) is 11.6. The lowest BCUT2D eigenvalue weighted by molar-refractivity contribution is -0.128. The van der Waals surface area contributed by atoms with Crippen LogP contribution in [0.25, 0.3) is 0 Å². The fourth-order valence-electron chi connectivity index (χ4n) is 4.96. The van der Waals surface area contributed by atoms with E-state index in [0.717, 1.165) is 64.1 Å². The topological polar surface area (TPSA) is 73.7 Å². The lowest BCUT2D eigenvalue weighted by Crippen LogP contribution is -2.58. The number of aryl methyl sites for hydroxylation is 1. The Labute approximate surface area is 173 Å². The number of nitrogens with one attached hydrogen (secondary N) is 1. The fraction of sp³-hybridized carbons (Fsp3) is 0.762. The maximum atomic E-state index is 13.1. The van der Waals surface area contributed by atoms with E-state index in [9.17, 15) is 9.59 Å². The molecule has 2 aliphatic heterocycles. The Balaban J connectivity index is 1.25. The highest BCUT2D eigenvalue weighted by molar-refractivity contribution is 5.97. The van der Waals surface area contributed by atoms with Crippen molar-refractivity contribution in [1.82, 2.24) is 24.9 Å². The summed E-state index contributed by atoms with van der Waals surface area (Å²) in [5.41, 5.74) is 0.889. The van der Waals surface area contributed by atoms with E-state index in [1.807, 2.05) is 18.1 Å². The smallest absolute Gasteiger partial charge is 0.244 e. The molecule has 0 unspecified atom stereocenters. The quantitative estimate of drug-likeness (QED) is 0.795. The van der Waals surface area contributed by atoms with Crippen LogP contribution in [0.3, 0.4) is 0 Å². The van der Waals surface area contributed by atoms with Gasteiger partial charge in [0.1, 0.15) is 0 Å². The molecule has 0 aromatic carbocycles. The van der Waals surface area contributed by atoms with Gasteiger partial charge in [0.25, 0.3) is 0 Å². The highest BCUT2D eigenvalue weighted by Gasteiger charge is 2.36. The van der Waals surface area contributed by atoms with Gasteiger partial charge in [-0.15, -0.1) is 0 Å². The molecule has 4 rings (SSSR count). The Bertz CT molecular complexity index is 706. The SMILES string of the molecule is Cn1cc(N2CCC[C@H](N3CCN(CC(=O)NC4CCCCC4)CC3)C2=O)cn1. The molecule has 160 valence electrons. The molecule has 1 aromatic heterocycles. The van der Waals surface area contributed by atoms with Crippen molar-refractivity contribution >= 4 is 17.5 Å². The largest absolute Gasteiger partial charge is 0.352 e. The molecule has 8 nitrogen and oxygen atoms in total. The average Bonchev–Trinajstić information content (AvgIpc) is 3.16. The van der Waals surface area contributed by atoms with E-state index in [1.165, 1.54) is 19.3 Å². The molecule has 1 atom stereocenters. The van der Waals surface area contributed by atoms with E-state index in [2.05, 4.69) is 20.2 Å². The van der Waals surface area contributed by atoms with Crippen LogP contribution in [0.15, 0.2) is 12.4 Å². The zero-order valence-corrected chi connectivity index (χ0v) is 17.6. The number of piperidine rings is 1. The van der Waals surface area contributed by atoms with Gasteiger partial charge in [-0.2, -0.15) is 5.10 Å². The van der Waals surface area contributed by atoms with Crippen molar-refractivity contribution in [1.29, 1.82) is 0 Å². The van der Waals surface area contributed by atoms with Gasteiger partial charge in [-0.1, -0.05) is 19.3 Å². The second kappa shape index (κ2) is 9.26. The maximum absolute atomic E-state index is 13.1. The number of piperazine rings is 1. The maximum Gasteiger partial charge on any atom is 0.244 e. The summed E-state index contributed by atoms with van der Waals surface area (Å²) < 4.78 is 1.74. The number of aromatic nitrogens is 2. The number of rotatable bonds is 5. The summed E-state index contributed by atoms with van der Waals surface area (Å²) in [6, 6.07) is 0.318. The van der Waals surface area contributed by atoms with Gasteiger partial charge in [-0.3, -0.25) is 24.1 Å². The first kappa shape index (κ1) is 20.3. The summed E-state index contributed by atoms with van der Waals surface area (Å²) in [5.74, 6) is 0.342. The molecule has 1 aliphatic carbocycles. The van der Waals surface area contributed by atoms with Gasteiger partial charge in [0.15, 0.2) is 0 Å². The van der Waals surface area contributed by atoms with Crippen LogP contribution in [-0.2, 0) is 16.6 Å². The third kappa shape index (κ3) is 4.98. The summed E-state index contributed by atoms with van der Waals surface area (Å²) in [4.78, 5) is 31.9. The Morgan fingerprint density at radius 1 is 1.07 bits per heavy atom. The van der Waals surface area contributed by atoms with E-state index in [4.69, 9.17) is 0 Å². The lowest BCUT2D eigenvalue weighted by atomic mass is 9.95. The molecule has 3 fully saturated rings. The number of amides is 2. The molecule has 0 spiro atoms. The van der Waals surface area contributed by atoms with E-state index >= 15 is 0 Å². The van der Waals surface area contributed by atoms with E-state index < -0.39 is 0 Å². The highest BCUT2D eigenvalue weighted by atomic mass is 16.2. The predicted molar refractivity (Wildman–Crippen MR) is 112 cm³/mol. The van der Waals surface area contributed by atoms with Crippen LogP contribution in [-0.4, -0.2) is 82.7 Å². The Morgan fingerprint density at radius 2 is 1.83 bits per heavy atom. The van der Waals surface area contributed by atoms with Gasteiger partial charge in [0, 0.05) is 52.0 Å². The van der Waals surface area contributed by atoms with Crippen molar-refractivity contribution in [2.75, 3.05) is 44.2 Å². The van der Waals surface area contributed by atoms with Gasteiger partial charge in [-0.25, -0.2) is 0 Å². The van der Waals surface area contributed by atoms with Crippen LogP contribution < -0.4 is 10.2 Å². The van der Waals surface area contributed by atoms with Crippen molar-refractivity contribution in [3.8, 4) is 0 Å². The second-order valence-electron chi connectivity index (χ2n) is 8.73. The third-order valence-corrected chi connectivity index (χ3v) is 6.60. The molecule has 8 heteroatoms. The number of anilines is 1. The predicted octanol–water partition coefficient (Wildman–Crippen LogP) is 0.982. The number of hydrogen-bond acceptors (Lipinski definition) is 5. The van der Waals surface area contributed by atoms with Gasteiger partial charge in [0.05, 0.1) is 24.5 Å². The zero-order valence-electron chi connectivity index (χ0n) is 17.6. The molecular weight excluding hydrogens is 368 g/mol. The van der Waals surface area contributed by atoms with E-state index in [-0.39, 0.29) is 17.9 Å². The number of hydrogen-bond donors (Lipinski definition) is 1. The number of carbonyl (C=O) groups excluding carboxylic acids is 2. The van der Waals surface area contributed by atoms with Gasteiger partial charge in [0.2, 0.25) is 11.8 Å². The van der Waals surface area contributed by atoms with Crippen molar-refractivity contribution in [3.63, 3.8) is 0 Å². The molecule has 1 N–H and O–H groups in total. The standard InChI is InChI=1S/C21H34N6O2/c1-24-15-18(14-22-24)27-9-5-8-19(21(27)29)26-12-10-25(11-13-26)16-20(28)23-17-6-3-2-4-7-17/h14-15,17,19H,2-13,16H2,1H3,(H,23,28)/t19-/m0/s1. The van der Waals surface area contributed by atoms with Crippen LogP contribution in [0.2, 0.25) is 0 Å². The molecule has 2 amide bonds. The normalized spacial score (nSPS) is 25.3. The molecule has 1 saturated carbocycles. The summed E-state index contributed by atoms with van der Waals surface area (Å²) in [6.45, 7) is 4.61. The van der Waals surface area contributed by atoms with Crippen molar-refractivity contribution in [3.05, 3.63) is 12.4 Å². The first-order valence-electron chi connectivity index (χ1n) is 11.2. The number of nitrogens with zero attached hydrogens (tertiary/aromatic N) is 5. The molecule has 3 heterocycles. The van der Waals surface area contributed by atoms with Crippen molar-refractivity contribution in [2.24, 2.45) is 7.05 Å². The van der Waals surface area contributed by atoms with Gasteiger partial charge >= 0.3 is 0 Å². The minimum absolute atomic E-state index is 0.0535. The first-order chi connectivity index (χ1) is 14.1. The third-order valence-electron chi connectivity index (χ3n) is 6.60. The highest BCUT2D eigenvalue weighted by Crippen LogP contribution is 2.24. The molecule has 0 radical (unpaired) electrons. The molecule has 3 aliphatic rings. The Kier molecular flexibility index (Phi) is 6.50. The number of carbonyl (C=O) groups is 2. The van der Waals surface area contributed by atoms with Crippen LogP contribution >= 0.6 is 0 Å². The van der Waals surface area contributed by atoms with Crippen molar-refractivity contribution < 1.29 is 9.59 Å². The van der Waals surface area contributed by atoms with Gasteiger partial charge < -0.3 is 10.2 Å². The summed E-state index contributed by atoms with van der Waals surface area (Å²) in [7, 11) is 1.87.